The highest BCUT2D eigenvalue weighted by Gasteiger charge is 2.15. The lowest BCUT2D eigenvalue weighted by molar-refractivity contribution is 0.187. The van der Waals surface area contributed by atoms with E-state index in [9.17, 15) is 4.79 Å². The molecule has 1 atom stereocenters. The zero-order chi connectivity index (χ0) is 11.8. The molecule has 0 bridgehead atoms. The van der Waals surface area contributed by atoms with Gasteiger partial charge in [0.15, 0.2) is 0 Å². The van der Waals surface area contributed by atoms with Gasteiger partial charge in [0, 0.05) is 19.6 Å². The molecule has 1 unspecified atom stereocenters. The molecule has 0 spiro atoms. The van der Waals surface area contributed by atoms with E-state index in [1.807, 2.05) is 7.05 Å². The first-order chi connectivity index (χ1) is 6.99. The van der Waals surface area contributed by atoms with Crippen molar-refractivity contribution in [1.29, 1.82) is 0 Å². The van der Waals surface area contributed by atoms with Crippen molar-refractivity contribution < 1.29 is 4.79 Å². The lowest BCUT2D eigenvalue weighted by atomic mass is 10.0. The molecule has 0 aliphatic rings. The van der Waals surface area contributed by atoms with Crippen LogP contribution < -0.4 is 5.32 Å². The van der Waals surface area contributed by atoms with E-state index in [1.165, 1.54) is 0 Å². The number of carbonyl (C=O) groups excluding carboxylic acids is 1. The molecule has 0 aromatic rings. The van der Waals surface area contributed by atoms with E-state index in [-0.39, 0.29) is 6.03 Å². The number of nitrogens with zero attached hydrogens (tertiary/aromatic N) is 1. The number of rotatable bonds is 6. The second-order valence-electron chi connectivity index (χ2n) is 4.67. The average molecular weight is 214 g/mol. The minimum absolute atomic E-state index is 0.0524. The summed E-state index contributed by atoms with van der Waals surface area (Å²) in [5, 5.41) is 2.92. The molecule has 0 saturated carbocycles. The molecule has 0 fully saturated rings. The second-order valence-corrected chi connectivity index (χ2v) is 4.67. The third-order valence-electron chi connectivity index (χ3n) is 2.60. The summed E-state index contributed by atoms with van der Waals surface area (Å²) < 4.78 is 0. The predicted molar refractivity (Wildman–Crippen MR) is 65.0 cm³/mol. The fraction of sp³-hybridized carbons (Fsp3) is 0.917. The summed E-state index contributed by atoms with van der Waals surface area (Å²) in [7, 11) is 1.87. The van der Waals surface area contributed by atoms with E-state index in [4.69, 9.17) is 0 Å². The second kappa shape index (κ2) is 7.55. The Morgan fingerprint density at radius 2 is 1.93 bits per heavy atom. The highest BCUT2D eigenvalue weighted by molar-refractivity contribution is 5.74. The first-order valence-electron chi connectivity index (χ1n) is 5.99. The fourth-order valence-electron chi connectivity index (χ4n) is 1.54. The van der Waals surface area contributed by atoms with Crippen LogP contribution >= 0.6 is 0 Å². The first-order valence-corrected chi connectivity index (χ1v) is 5.99. The van der Waals surface area contributed by atoms with Gasteiger partial charge in [-0.2, -0.15) is 0 Å². The Kier molecular flexibility index (Phi) is 7.18. The van der Waals surface area contributed by atoms with Crippen LogP contribution in [0.25, 0.3) is 0 Å². The number of nitrogens with one attached hydrogen (secondary N) is 1. The Morgan fingerprint density at radius 3 is 2.40 bits per heavy atom. The van der Waals surface area contributed by atoms with E-state index < -0.39 is 0 Å². The number of carbonyl (C=O) groups is 1. The van der Waals surface area contributed by atoms with Crippen molar-refractivity contribution in [2.75, 3.05) is 13.6 Å². The molecule has 3 heteroatoms. The third-order valence-corrected chi connectivity index (χ3v) is 2.60. The standard InChI is InChI=1S/C12H26N2O/c1-6-7-8-13-12(15)14(5)11(4)9-10(2)3/h10-11H,6-9H2,1-5H3,(H,13,15). The zero-order valence-corrected chi connectivity index (χ0v) is 10.8. The van der Waals surface area contributed by atoms with Crippen LogP contribution in [-0.2, 0) is 0 Å². The molecular weight excluding hydrogens is 188 g/mol. The van der Waals surface area contributed by atoms with Crippen molar-refractivity contribution in [3.63, 3.8) is 0 Å². The number of urea groups is 1. The molecular formula is C12H26N2O. The fourth-order valence-corrected chi connectivity index (χ4v) is 1.54. The molecule has 3 nitrogen and oxygen atoms in total. The van der Waals surface area contributed by atoms with Gasteiger partial charge in [-0.25, -0.2) is 4.79 Å². The number of hydrogen-bond acceptors (Lipinski definition) is 1. The number of unbranched alkanes of at least 4 members (excludes halogenated alkanes) is 1. The molecule has 2 amide bonds. The van der Waals surface area contributed by atoms with Gasteiger partial charge in [0.2, 0.25) is 0 Å². The summed E-state index contributed by atoms with van der Waals surface area (Å²) in [4.78, 5) is 13.5. The third kappa shape index (κ3) is 6.37. The molecule has 0 aromatic heterocycles. The van der Waals surface area contributed by atoms with Crippen molar-refractivity contribution in [2.45, 2.75) is 53.0 Å². The summed E-state index contributed by atoms with van der Waals surface area (Å²) >= 11 is 0. The Hall–Kier alpha value is -0.730. The Bertz CT molecular complexity index is 180. The van der Waals surface area contributed by atoms with Gasteiger partial charge in [-0.15, -0.1) is 0 Å². The van der Waals surface area contributed by atoms with E-state index in [1.54, 1.807) is 4.90 Å². The molecule has 1 N–H and O–H groups in total. The molecule has 0 rings (SSSR count). The van der Waals surface area contributed by atoms with Gasteiger partial charge in [0.1, 0.15) is 0 Å². The van der Waals surface area contributed by atoms with Crippen molar-refractivity contribution in [1.82, 2.24) is 10.2 Å². The van der Waals surface area contributed by atoms with Gasteiger partial charge < -0.3 is 10.2 Å². The minimum atomic E-state index is 0.0524. The lowest BCUT2D eigenvalue weighted by Gasteiger charge is -2.26. The maximum atomic E-state index is 11.7. The minimum Gasteiger partial charge on any atom is -0.338 e. The molecule has 0 aliphatic carbocycles. The number of hydrogen-bond donors (Lipinski definition) is 1. The SMILES string of the molecule is CCCCNC(=O)N(C)C(C)CC(C)C. The highest BCUT2D eigenvalue weighted by atomic mass is 16.2. The van der Waals surface area contributed by atoms with E-state index in [0.29, 0.717) is 12.0 Å². The van der Waals surface area contributed by atoms with Crippen LogP contribution in [0.3, 0.4) is 0 Å². The monoisotopic (exact) mass is 214 g/mol. The number of amides is 2. The smallest absolute Gasteiger partial charge is 0.317 e. The maximum Gasteiger partial charge on any atom is 0.317 e. The first kappa shape index (κ1) is 14.3. The van der Waals surface area contributed by atoms with E-state index >= 15 is 0 Å². The molecule has 15 heavy (non-hydrogen) atoms. The summed E-state index contributed by atoms with van der Waals surface area (Å²) in [5.74, 6) is 0.630. The maximum absolute atomic E-state index is 11.7. The molecule has 0 radical (unpaired) electrons. The Morgan fingerprint density at radius 1 is 1.33 bits per heavy atom. The predicted octanol–water partition coefficient (Wildman–Crippen LogP) is 2.86. The van der Waals surface area contributed by atoms with Crippen LogP contribution in [0, 0.1) is 5.92 Å². The Labute approximate surface area is 94.2 Å². The highest BCUT2D eigenvalue weighted by Crippen LogP contribution is 2.09. The van der Waals surface area contributed by atoms with Crippen LogP contribution in [-0.4, -0.2) is 30.6 Å². The van der Waals surface area contributed by atoms with Crippen LogP contribution in [0.2, 0.25) is 0 Å². The molecule has 0 aromatic carbocycles. The summed E-state index contributed by atoms with van der Waals surface area (Å²) in [5.41, 5.74) is 0. The normalized spacial score (nSPS) is 12.7. The van der Waals surface area contributed by atoms with Crippen LogP contribution in [0.5, 0.6) is 0 Å². The Balaban J connectivity index is 3.85. The topological polar surface area (TPSA) is 32.3 Å². The lowest BCUT2D eigenvalue weighted by Crippen LogP contribution is -2.43. The van der Waals surface area contributed by atoms with Crippen molar-refractivity contribution in [3.8, 4) is 0 Å². The summed E-state index contributed by atoms with van der Waals surface area (Å²) in [6.07, 6.45) is 3.22. The van der Waals surface area contributed by atoms with Crippen LogP contribution in [0.15, 0.2) is 0 Å². The van der Waals surface area contributed by atoms with Crippen LogP contribution in [0.1, 0.15) is 47.0 Å². The van der Waals surface area contributed by atoms with Gasteiger partial charge in [-0.05, 0) is 25.7 Å². The van der Waals surface area contributed by atoms with Crippen molar-refractivity contribution in [3.05, 3.63) is 0 Å². The van der Waals surface area contributed by atoms with Gasteiger partial charge in [0.05, 0.1) is 0 Å². The van der Waals surface area contributed by atoms with Crippen molar-refractivity contribution in [2.24, 2.45) is 5.92 Å². The molecule has 90 valence electrons. The largest absolute Gasteiger partial charge is 0.338 e. The van der Waals surface area contributed by atoms with E-state index in [2.05, 4.69) is 33.0 Å². The van der Waals surface area contributed by atoms with E-state index in [0.717, 1.165) is 25.8 Å². The van der Waals surface area contributed by atoms with Gasteiger partial charge >= 0.3 is 6.03 Å². The molecule has 0 heterocycles. The molecule has 0 aliphatic heterocycles. The van der Waals surface area contributed by atoms with Crippen molar-refractivity contribution >= 4 is 6.03 Å². The van der Waals surface area contributed by atoms with Gasteiger partial charge in [0.25, 0.3) is 0 Å². The molecule has 0 saturated heterocycles. The van der Waals surface area contributed by atoms with Gasteiger partial charge in [-0.1, -0.05) is 27.2 Å². The van der Waals surface area contributed by atoms with Gasteiger partial charge in [-0.3, -0.25) is 0 Å². The zero-order valence-electron chi connectivity index (χ0n) is 10.8. The summed E-state index contributed by atoms with van der Waals surface area (Å²) in [6.45, 7) is 9.36. The van der Waals surface area contributed by atoms with Crippen LogP contribution in [0.4, 0.5) is 4.79 Å². The summed E-state index contributed by atoms with van der Waals surface area (Å²) in [6, 6.07) is 0.364. The average Bonchev–Trinajstić information content (AvgIpc) is 2.15. The quantitative estimate of drug-likeness (QED) is 0.677.